The van der Waals surface area contributed by atoms with E-state index in [1.54, 1.807) is 24.3 Å². The van der Waals surface area contributed by atoms with Gasteiger partial charge >= 0.3 is 12.1 Å². The van der Waals surface area contributed by atoms with Gasteiger partial charge in [0.2, 0.25) is 0 Å². The molecule has 3 aromatic rings. The lowest BCUT2D eigenvalue weighted by Gasteiger charge is -2.09. The standard InChI is InChI=1S/C16H12FN3O4/c17-13-12(6-7-20-14(13)11(8-18-20)15(21)22)19-16(23)24-9-10-4-2-1-3-5-10/h1-8H,9H2,(H,19,23)(H,21,22). The van der Waals surface area contributed by atoms with Crippen LogP contribution in [0.25, 0.3) is 5.52 Å². The molecule has 0 aliphatic heterocycles. The highest BCUT2D eigenvalue weighted by Gasteiger charge is 2.19. The summed E-state index contributed by atoms with van der Waals surface area (Å²) in [5, 5.41) is 15.1. The predicted molar refractivity (Wildman–Crippen MR) is 82.4 cm³/mol. The van der Waals surface area contributed by atoms with Gasteiger partial charge in [-0.15, -0.1) is 0 Å². The number of hydrogen-bond acceptors (Lipinski definition) is 4. The van der Waals surface area contributed by atoms with Crippen LogP contribution in [0, 0.1) is 5.82 Å². The minimum Gasteiger partial charge on any atom is -0.478 e. The Kier molecular flexibility index (Phi) is 4.11. The molecule has 2 aromatic heterocycles. The highest BCUT2D eigenvalue weighted by Crippen LogP contribution is 2.22. The number of amides is 1. The van der Waals surface area contributed by atoms with E-state index in [9.17, 15) is 14.0 Å². The Morgan fingerprint density at radius 1 is 1.25 bits per heavy atom. The van der Waals surface area contributed by atoms with E-state index < -0.39 is 17.9 Å². The summed E-state index contributed by atoms with van der Waals surface area (Å²) in [4.78, 5) is 22.9. The summed E-state index contributed by atoms with van der Waals surface area (Å²) < 4.78 is 20.5. The lowest BCUT2D eigenvalue weighted by Crippen LogP contribution is -2.15. The van der Waals surface area contributed by atoms with Gasteiger partial charge in [-0.3, -0.25) is 5.32 Å². The number of hydrogen-bond donors (Lipinski definition) is 2. The molecule has 0 atom stereocenters. The van der Waals surface area contributed by atoms with Crippen molar-refractivity contribution in [3.8, 4) is 0 Å². The van der Waals surface area contributed by atoms with Crippen molar-refractivity contribution in [1.29, 1.82) is 0 Å². The van der Waals surface area contributed by atoms with Crippen LogP contribution in [0.1, 0.15) is 15.9 Å². The number of aromatic carboxylic acids is 1. The van der Waals surface area contributed by atoms with Crippen LogP contribution in [0.3, 0.4) is 0 Å². The van der Waals surface area contributed by atoms with Crippen LogP contribution in [0.15, 0.2) is 48.8 Å². The minimum absolute atomic E-state index is 0.0313. The molecule has 122 valence electrons. The third kappa shape index (κ3) is 3.02. The second-order valence-electron chi connectivity index (χ2n) is 4.89. The van der Waals surface area contributed by atoms with Crippen LogP contribution in [-0.2, 0) is 11.3 Å². The number of rotatable bonds is 4. The minimum atomic E-state index is -1.31. The fraction of sp³-hybridized carbons (Fsp3) is 0.0625. The molecule has 1 aromatic carbocycles. The zero-order valence-corrected chi connectivity index (χ0v) is 12.3. The van der Waals surface area contributed by atoms with E-state index in [2.05, 4.69) is 10.4 Å². The number of ether oxygens (including phenoxy) is 1. The van der Waals surface area contributed by atoms with Gasteiger partial charge in [0.1, 0.15) is 17.7 Å². The van der Waals surface area contributed by atoms with Crippen molar-refractivity contribution in [2.75, 3.05) is 5.32 Å². The monoisotopic (exact) mass is 329 g/mol. The van der Waals surface area contributed by atoms with E-state index in [1.165, 1.54) is 12.3 Å². The van der Waals surface area contributed by atoms with Gasteiger partial charge in [0, 0.05) is 6.20 Å². The number of halogens is 1. The molecule has 0 saturated carbocycles. The number of benzene rings is 1. The number of carboxylic acid groups (broad SMARTS) is 1. The van der Waals surface area contributed by atoms with Crippen LogP contribution in [0.2, 0.25) is 0 Å². The van der Waals surface area contributed by atoms with Crippen molar-refractivity contribution >= 4 is 23.3 Å². The third-order valence-electron chi connectivity index (χ3n) is 3.30. The molecule has 0 radical (unpaired) electrons. The maximum atomic E-state index is 14.5. The molecular formula is C16H12FN3O4. The fourth-order valence-corrected chi connectivity index (χ4v) is 2.16. The summed E-state index contributed by atoms with van der Waals surface area (Å²) in [7, 11) is 0. The largest absolute Gasteiger partial charge is 0.478 e. The Balaban J connectivity index is 1.77. The van der Waals surface area contributed by atoms with Gasteiger partial charge in [-0.2, -0.15) is 5.10 Å². The summed E-state index contributed by atoms with van der Waals surface area (Å²) in [5.74, 6) is -2.21. The second-order valence-corrected chi connectivity index (χ2v) is 4.89. The average Bonchev–Trinajstić information content (AvgIpc) is 3.02. The van der Waals surface area contributed by atoms with E-state index >= 15 is 0 Å². The summed E-state index contributed by atoms with van der Waals surface area (Å²) in [6, 6.07) is 10.3. The molecule has 2 N–H and O–H groups in total. The van der Waals surface area contributed by atoms with Crippen molar-refractivity contribution < 1.29 is 23.8 Å². The van der Waals surface area contributed by atoms with Crippen LogP contribution >= 0.6 is 0 Å². The third-order valence-corrected chi connectivity index (χ3v) is 3.30. The van der Waals surface area contributed by atoms with Crippen LogP contribution in [0.4, 0.5) is 14.9 Å². The molecule has 1 amide bonds. The Morgan fingerprint density at radius 3 is 2.71 bits per heavy atom. The van der Waals surface area contributed by atoms with Gasteiger partial charge in [-0.25, -0.2) is 18.5 Å². The maximum Gasteiger partial charge on any atom is 0.412 e. The van der Waals surface area contributed by atoms with Crippen molar-refractivity contribution in [3.05, 3.63) is 65.7 Å². The number of carbonyl (C=O) groups is 2. The Bertz CT molecular complexity index is 908. The number of pyridine rings is 1. The van der Waals surface area contributed by atoms with Gasteiger partial charge in [0.15, 0.2) is 5.82 Å². The lowest BCUT2D eigenvalue weighted by molar-refractivity contribution is 0.0698. The van der Waals surface area contributed by atoms with E-state index in [1.807, 2.05) is 6.07 Å². The van der Waals surface area contributed by atoms with Crippen LogP contribution in [0.5, 0.6) is 0 Å². The van der Waals surface area contributed by atoms with Crippen molar-refractivity contribution in [2.24, 2.45) is 0 Å². The highest BCUT2D eigenvalue weighted by molar-refractivity contribution is 5.97. The molecule has 0 saturated heterocycles. The smallest absolute Gasteiger partial charge is 0.412 e. The normalized spacial score (nSPS) is 10.5. The number of aromatic nitrogens is 2. The molecule has 0 unspecified atom stereocenters. The van der Waals surface area contributed by atoms with Gasteiger partial charge in [0.05, 0.1) is 11.9 Å². The zero-order valence-electron chi connectivity index (χ0n) is 12.3. The molecular weight excluding hydrogens is 317 g/mol. The van der Waals surface area contributed by atoms with Crippen molar-refractivity contribution in [3.63, 3.8) is 0 Å². The lowest BCUT2D eigenvalue weighted by atomic mass is 10.2. The zero-order chi connectivity index (χ0) is 17.1. The van der Waals surface area contributed by atoms with E-state index in [-0.39, 0.29) is 23.4 Å². The Labute approximate surface area is 135 Å². The van der Waals surface area contributed by atoms with Crippen molar-refractivity contribution in [2.45, 2.75) is 6.61 Å². The van der Waals surface area contributed by atoms with Gasteiger partial charge in [0.25, 0.3) is 0 Å². The van der Waals surface area contributed by atoms with Gasteiger partial charge < -0.3 is 9.84 Å². The Morgan fingerprint density at radius 2 is 2.00 bits per heavy atom. The summed E-state index contributed by atoms with van der Waals surface area (Å²) in [6.45, 7) is 0.0313. The highest BCUT2D eigenvalue weighted by atomic mass is 19.1. The first-order valence-electron chi connectivity index (χ1n) is 6.93. The molecule has 24 heavy (non-hydrogen) atoms. The summed E-state index contributed by atoms with van der Waals surface area (Å²) in [6.07, 6.45) is 1.54. The maximum absolute atomic E-state index is 14.5. The number of anilines is 1. The van der Waals surface area contributed by atoms with E-state index in [4.69, 9.17) is 9.84 Å². The molecule has 3 rings (SSSR count). The van der Waals surface area contributed by atoms with Gasteiger partial charge in [-0.05, 0) is 11.6 Å². The molecule has 0 aliphatic carbocycles. The molecule has 7 nitrogen and oxygen atoms in total. The number of nitrogens with zero attached hydrogens (tertiary/aromatic N) is 2. The number of fused-ring (bicyclic) bond motifs is 1. The molecule has 2 heterocycles. The fourth-order valence-electron chi connectivity index (χ4n) is 2.16. The molecule has 0 bridgehead atoms. The quantitative estimate of drug-likeness (QED) is 0.768. The first-order chi connectivity index (χ1) is 11.6. The van der Waals surface area contributed by atoms with Crippen molar-refractivity contribution in [1.82, 2.24) is 9.61 Å². The second kappa shape index (κ2) is 6.37. The van der Waals surface area contributed by atoms with Crippen LogP contribution < -0.4 is 5.32 Å². The Hall–Kier alpha value is -3.42. The number of carboxylic acids is 1. The molecule has 0 aliphatic rings. The van der Waals surface area contributed by atoms with Gasteiger partial charge in [-0.1, -0.05) is 30.3 Å². The molecule has 8 heteroatoms. The van der Waals surface area contributed by atoms with Crippen LogP contribution in [-0.4, -0.2) is 26.8 Å². The average molecular weight is 329 g/mol. The molecule has 0 fully saturated rings. The first kappa shape index (κ1) is 15.5. The molecule has 0 spiro atoms. The van der Waals surface area contributed by atoms with E-state index in [0.717, 1.165) is 16.3 Å². The SMILES string of the molecule is O=C(Nc1ccn2ncc(C(=O)O)c2c1F)OCc1ccccc1. The topological polar surface area (TPSA) is 92.9 Å². The first-order valence-corrected chi connectivity index (χ1v) is 6.93. The summed E-state index contributed by atoms with van der Waals surface area (Å²) >= 11 is 0. The summed E-state index contributed by atoms with van der Waals surface area (Å²) in [5.41, 5.74) is 0.0632. The number of carbonyl (C=O) groups excluding carboxylic acids is 1. The van der Waals surface area contributed by atoms with E-state index in [0.29, 0.717) is 0 Å². The predicted octanol–water partition coefficient (Wildman–Crippen LogP) is 2.92. The number of nitrogens with one attached hydrogen (secondary N) is 1.